The molecule has 1 heterocycles. The highest BCUT2D eigenvalue weighted by atomic mass is 35.5. The first-order valence-electron chi connectivity index (χ1n) is 5.92. The van der Waals surface area contributed by atoms with Gasteiger partial charge in [0.05, 0.1) is 12.6 Å². The molecular weight excluding hydrogens is 277 g/mol. The van der Waals surface area contributed by atoms with E-state index in [9.17, 15) is 4.79 Å². The van der Waals surface area contributed by atoms with Gasteiger partial charge in [-0.1, -0.05) is 0 Å². The molecule has 0 radical (unpaired) electrons. The zero-order valence-electron chi connectivity index (χ0n) is 11.1. The summed E-state index contributed by atoms with van der Waals surface area (Å²) in [7, 11) is 3.72. The fraction of sp³-hybridized carbons (Fsp3) is 0.909. The monoisotopic (exact) mass is 301 g/mol. The first-order valence-corrected chi connectivity index (χ1v) is 5.92. The summed E-state index contributed by atoms with van der Waals surface area (Å²) in [5.41, 5.74) is 0. The van der Waals surface area contributed by atoms with Crippen LogP contribution in [-0.4, -0.2) is 63.8 Å². The van der Waals surface area contributed by atoms with E-state index in [0.717, 1.165) is 39.1 Å². The van der Waals surface area contributed by atoms with Crippen molar-refractivity contribution < 1.29 is 9.53 Å². The second-order valence-corrected chi connectivity index (χ2v) is 4.24. The van der Waals surface area contributed by atoms with Gasteiger partial charge in [0.1, 0.15) is 0 Å². The molecule has 1 aliphatic rings. The van der Waals surface area contributed by atoms with Crippen molar-refractivity contribution in [1.82, 2.24) is 15.5 Å². The number of carbonyl (C=O) groups excluding carboxylic acids is 1. The summed E-state index contributed by atoms with van der Waals surface area (Å²) in [6.07, 6.45) is 2.07. The number of rotatable bonds is 7. The van der Waals surface area contributed by atoms with Gasteiger partial charge in [-0.25, -0.2) is 0 Å². The maximum atomic E-state index is 11.6. The molecule has 1 rings (SSSR count). The SMILES string of the molecule is COCCN(C)CCNC(=O)C1CCCN1.Cl.Cl. The second-order valence-electron chi connectivity index (χ2n) is 4.24. The quantitative estimate of drug-likeness (QED) is 0.709. The number of ether oxygens (including phenoxy) is 1. The molecule has 1 saturated heterocycles. The van der Waals surface area contributed by atoms with Crippen LogP contribution in [0.5, 0.6) is 0 Å². The molecule has 1 aliphatic heterocycles. The Balaban J connectivity index is 0. The Morgan fingerprint density at radius 1 is 1.44 bits per heavy atom. The van der Waals surface area contributed by atoms with E-state index in [1.165, 1.54) is 0 Å². The number of nitrogens with zero attached hydrogens (tertiary/aromatic N) is 1. The van der Waals surface area contributed by atoms with Gasteiger partial charge in [-0.2, -0.15) is 0 Å². The molecule has 1 fully saturated rings. The maximum absolute atomic E-state index is 11.6. The van der Waals surface area contributed by atoms with E-state index in [1.807, 2.05) is 7.05 Å². The van der Waals surface area contributed by atoms with E-state index in [1.54, 1.807) is 7.11 Å². The molecule has 0 aromatic heterocycles. The van der Waals surface area contributed by atoms with Gasteiger partial charge in [0, 0.05) is 26.7 Å². The molecule has 0 saturated carbocycles. The van der Waals surface area contributed by atoms with Crippen molar-refractivity contribution in [3.8, 4) is 0 Å². The number of hydrogen-bond donors (Lipinski definition) is 2. The van der Waals surface area contributed by atoms with Crippen molar-refractivity contribution in [2.24, 2.45) is 0 Å². The predicted octanol–water partition coefficient (Wildman–Crippen LogP) is 0.276. The summed E-state index contributed by atoms with van der Waals surface area (Å²) in [5.74, 6) is 0.137. The Morgan fingerprint density at radius 3 is 2.72 bits per heavy atom. The zero-order valence-corrected chi connectivity index (χ0v) is 12.7. The van der Waals surface area contributed by atoms with Gasteiger partial charge in [0.25, 0.3) is 0 Å². The number of methoxy groups -OCH3 is 1. The van der Waals surface area contributed by atoms with Crippen molar-refractivity contribution in [3.63, 3.8) is 0 Å². The van der Waals surface area contributed by atoms with Crippen LogP contribution in [0.3, 0.4) is 0 Å². The van der Waals surface area contributed by atoms with Crippen LogP contribution in [0.4, 0.5) is 0 Å². The summed E-state index contributed by atoms with van der Waals surface area (Å²) in [4.78, 5) is 13.8. The topological polar surface area (TPSA) is 53.6 Å². The van der Waals surface area contributed by atoms with Crippen LogP contribution >= 0.6 is 24.8 Å². The van der Waals surface area contributed by atoms with Gasteiger partial charge in [-0.05, 0) is 26.4 Å². The molecule has 0 aliphatic carbocycles. The van der Waals surface area contributed by atoms with Crippen LogP contribution in [-0.2, 0) is 9.53 Å². The minimum atomic E-state index is 0. The third kappa shape index (κ3) is 8.11. The summed E-state index contributed by atoms with van der Waals surface area (Å²) in [5, 5.41) is 6.13. The van der Waals surface area contributed by atoms with E-state index in [4.69, 9.17) is 4.74 Å². The molecule has 0 aromatic carbocycles. The predicted molar refractivity (Wildman–Crippen MR) is 77.9 cm³/mol. The van der Waals surface area contributed by atoms with Gasteiger partial charge in [-0.15, -0.1) is 24.8 Å². The minimum Gasteiger partial charge on any atom is -0.383 e. The number of carbonyl (C=O) groups is 1. The van der Waals surface area contributed by atoms with Crippen molar-refractivity contribution in [3.05, 3.63) is 0 Å². The first-order chi connectivity index (χ1) is 7.74. The highest BCUT2D eigenvalue weighted by Gasteiger charge is 2.21. The fourth-order valence-electron chi connectivity index (χ4n) is 1.76. The standard InChI is InChI=1S/C11H23N3O2.2ClH/c1-14(8-9-16-2)7-6-13-11(15)10-4-3-5-12-10;;/h10,12H,3-9H2,1-2H3,(H,13,15);2*1H. The molecule has 0 aromatic rings. The van der Waals surface area contributed by atoms with Crippen molar-refractivity contribution >= 4 is 30.7 Å². The van der Waals surface area contributed by atoms with E-state index in [0.29, 0.717) is 6.54 Å². The van der Waals surface area contributed by atoms with Crippen molar-refractivity contribution in [1.29, 1.82) is 0 Å². The lowest BCUT2D eigenvalue weighted by Crippen LogP contribution is -2.43. The molecule has 0 spiro atoms. The lowest BCUT2D eigenvalue weighted by atomic mass is 10.2. The first kappa shape index (κ1) is 20.3. The van der Waals surface area contributed by atoms with Gasteiger partial charge in [-0.3, -0.25) is 4.79 Å². The number of likely N-dealkylation sites (N-methyl/N-ethyl adjacent to an activating group) is 1. The van der Waals surface area contributed by atoms with E-state index < -0.39 is 0 Å². The summed E-state index contributed by atoms with van der Waals surface area (Å²) in [6, 6.07) is 0.0317. The third-order valence-corrected chi connectivity index (χ3v) is 2.85. The minimum absolute atomic E-state index is 0. The third-order valence-electron chi connectivity index (χ3n) is 2.85. The smallest absolute Gasteiger partial charge is 0.237 e. The Hall–Kier alpha value is -0.0700. The molecule has 1 atom stereocenters. The fourth-order valence-corrected chi connectivity index (χ4v) is 1.76. The Kier molecular flexibility index (Phi) is 13.5. The number of nitrogens with one attached hydrogen (secondary N) is 2. The van der Waals surface area contributed by atoms with E-state index in [2.05, 4.69) is 15.5 Å². The van der Waals surface area contributed by atoms with Crippen LogP contribution in [0.1, 0.15) is 12.8 Å². The maximum Gasteiger partial charge on any atom is 0.237 e. The normalized spacial score (nSPS) is 18.1. The molecule has 7 heteroatoms. The number of amides is 1. The van der Waals surface area contributed by atoms with Crippen LogP contribution in [0.15, 0.2) is 0 Å². The lowest BCUT2D eigenvalue weighted by Gasteiger charge is -2.17. The molecule has 2 N–H and O–H groups in total. The number of halogens is 2. The van der Waals surface area contributed by atoms with Crippen LogP contribution in [0.25, 0.3) is 0 Å². The Bertz CT molecular complexity index is 214. The van der Waals surface area contributed by atoms with Gasteiger partial charge >= 0.3 is 0 Å². The van der Waals surface area contributed by atoms with Crippen molar-refractivity contribution in [2.75, 3.05) is 46.9 Å². The molecule has 18 heavy (non-hydrogen) atoms. The van der Waals surface area contributed by atoms with Crippen LogP contribution in [0, 0.1) is 0 Å². The van der Waals surface area contributed by atoms with E-state index in [-0.39, 0.29) is 36.8 Å². The molecular formula is C11H25Cl2N3O2. The summed E-state index contributed by atoms with van der Waals surface area (Å²) < 4.78 is 4.98. The highest BCUT2D eigenvalue weighted by Crippen LogP contribution is 2.03. The molecule has 5 nitrogen and oxygen atoms in total. The Morgan fingerprint density at radius 2 is 2.17 bits per heavy atom. The second kappa shape index (κ2) is 12.0. The molecule has 110 valence electrons. The zero-order chi connectivity index (χ0) is 11.8. The van der Waals surface area contributed by atoms with Crippen molar-refractivity contribution in [2.45, 2.75) is 18.9 Å². The van der Waals surface area contributed by atoms with Crippen LogP contribution < -0.4 is 10.6 Å². The average molecular weight is 302 g/mol. The Labute approximate surface area is 122 Å². The average Bonchev–Trinajstić information content (AvgIpc) is 2.79. The highest BCUT2D eigenvalue weighted by molar-refractivity contribution is 5.85. The summed E-state index contributed by atoms with van der Waals surface area (Å²) in [6.45, 7) is 4.16. The van der Waals surface area contributed by atoms with Gasteiger partial charge < -0.3 is 20.3 Å². The van der Waals surface area contributed by atoms with Gasteiger partial charge in [0.15, 0.2) is 0 Å². The van der Waals surface area contributed by atoms with E-state index >= 15 is 0 Å². The molecule has 0 bridgehead atoms. The van der Waals surface area contributed by atoms with Crippen LogP contribution in [0.2, 0.25) is 0 Å². The summed E-state index contributed by atoms with van der Waals surface area (Å²) >= 11 is 0. The lowest BCUT2D eigenvalue weighted by molar-refractivity contribution is -0.122. The molecule has 1 amide bonds. The number of hydrogen-bond acceptors (Lipinski definition) is 4. The molecule has 1 unspecified atom stereocenters. The largest absolute Gasteiger partial charge is 0.383 e. The van der Waals surface area contributed by atoms with Gasteiger partial charge in [0.2, 0.25) is 5.91 Å².